The standard InChI is InChI=1S/C33H44N2O5S/c1-4-6-8-12-23-16-17-28(24(20-23)13-9-7-5-2)40-19-11-18-35-33(39)26-21-29(41-22-30(36)37)31-25(32(26)38)14-10-15-27(31)34-3/h10,14-17,20-21,34,38H,4-9,11-13,18-19,22H2,1-3H3,(H,35,39)(H,36,37). The predicted molar refractivity (Wildman–Crippen MR) is 169 cm³/mol. The van der Waals surface area contributed by atoms with Crippen LogP contribution in [-0.4, -0.2) is 48.0 Å². The van der Waals surface area contributed by atoms with E-state index in [1.807, 2.05) is 6.07 Å². The lowest BCUT2D eigenvalue weighted by atomic mass is 10.00. The molecule has 3 aromatic carbocycles. The number of anilines is 1. The number of ether oxygens (including phenoxy) is 1. The van der Waals surface area contributed by atoms with E-state index in [1.165, 1.54) is 43.2 Å². The number of carbonyl (C=O) groups is 2. The summed E-state index contributed by atoms with van der Waals surface area (Å²) in [4.78, 5) is 24.9. The number of aromatic hydroxyl groups is 1. The predicted octanol–water partition coefficient (Wildman–Crippen LogP) is 7.43. The summed E-state index contributed by atoms with van der Waals surface area (Å²) in [6.07, 6.45) is 9.87. The van der Waals surface area contributed by atoms with E-state index in [2.05, 4.69) is 42.7 Å². The van der Waals surface area contributed by atoms with Gasteiger partial charge in [0.05, 0.1) is 17.9 Å². The number of thioether (sulfide) groups is 1. The SMILES string of the molecule is CCCCCc1ccc(OCCCNC(=O)c2cc(SCC(=O)O)c3c(NC)cccc3c2O)c(CCCCC)c1. The Kier molecular flexibility index (Phi) is 13.1. The van der Waals surface area contributed by atoms with Gasteiger partial charge in [-0.2, -0.15) is 0 Å². The Hall–Kier alpha value is -3.39. The summed E-state index contributed by atoms with van der Waals surface area (Å²) in [5.74, 6) is -0.728. The minimum atomic E-state index is -0.955. The van der Waals surface area contributed by atoms with E-state index in [0.29, 0.717) is 35.2 Å². The largest absolute Gasteiger partial charge is 0.506 e. The Morgan fingerprint density at radius 1 is 0.951 bits per heavy atom. The van der Waals surface area contributed by atoms with Gasteiger partial charge in [-0.05, 0) is 61.4 Å². The number of nitrogens with one attached hydrogen (secondary N) is 2. The minimum Gasteiger partial charge on any atom is -0.506 e. The van der Waals surface area contributed by atoms with Crippen LogP contribution in [0.15, 0.2) is 47.4 Å². The molecule has 1 amide bonds. The quantitative estimate of drug-likeness (QED) is 0.0915. The summed E-state index contributed by atoms with van der Waals surface area (Å²) >= 11 is 1.12. The van der Waals surface area contributed by atoms with Gasteiger partial charge in [0.25, 0.3) is 5.91 Å². The average Bonchev–Trinajstić information content (AvgIpc) is 2.97. The first-order chi connectivity index (χ1) is 19.9. The van der Waals surface area contributed by atoms with E-state index in [1.54, 1.807) is 25.2 Å². The first-order valence-corrected chi connectivity index (χ1v) is 15.7. The van der Waals surface area contributed by atoms with Crippen LogP contribution in [0.3, 0.4) is 0 Å². The molecule has 0 aromatic heterocycles. The van der Waals surface area contributed by atoms with Crippen molar-refractivity contribution in [3.63, 3.8) is 0 Å². The molecule has 0 saturated heterocycles. The fraction of sp³-hybridized carbons (Fsp3) is 0.455. The van der Waals surface area contributed by atoms with Gasteiger partial charge in [0.15, 0.2) is 0 Å². The van der Waals surface area contributed by atoms with Crippen molar-refractivity contribution in [1.82, 2.24) is 5.32 Å². The monoisotopic (exact) mass is 580 g/mol. The smallest absolute Gasteiger partial charge is 0.313 e. The number of phenols is 1. The molecule has 4 N–H and O–H groups in total. The summed E-state index contributed by atoms with van der Waals surface area (Å²) in [7, 11) is 1.76. The molecule has 0 heterocycles. The lowest BCUT2D eigenvalue weighted by Crippen LogP contribution is -2.25. The molecule has 0 radical (unpaired) electrons. The number of aliphatic carboxylic acids is 1. The summed E-state index contributed by atoms with van der Waals surface area (Å²) < 4.78 is 6.15. The number of carboxylic acids is 1. The van der Waals surface area contributed by atoms with E-state index < -0.39 is 11.9 Å². The van der Waals surface area contributed by atoms with Gasteiger partial charge in [-0.25, -0.2) is 0 Å². The van der Waals surface area contributed by atoms with Gasteiger partial charge < -0.3 is 25.6 Å². The molecule has 8 heteroatoms. The molecule has 3 rings (SSSR count). The molecule has 0 fully saturated rings. The Balaban J connectivity index is 1.64. The minimum absolute atomic E-state index is 0.122. The van der Waals surface area contributed by atoms with Crippen LogP contribution in [0, 0.1) is 0 Å². The number of carboxylic acid groups (broad SMARTS) is 1. The van der Waals surface area contributed by atoms with Gasteiger partial charge in [-0.1, -0.05) is 63.8 Å². The second-order valence-electron chi connectivity index (χ2n) is 10.2. The maximum Gasteiger partial charge on any atom is 0.313 e. The number of amides is 1. The first kappa shape index (κ1) is 32.1. The molecule has 7 nitrogen and oxygen atoms in total. The van der Waals surface area contributed by atoms with E-state index in [-0.39, 0.29) is 17.1 Å². The molecule has 0 bridgehead atoms. The molecule has 3 aromatic rings. The van der Waals surface area contributed by atoms with Crippen LogP contribution in [0.25, 0.3) is 10.8 Å². The zero-order valence-electron chi connectivity index (χ0n) is 24.6. The highest BCUT2D eigenvalue weighted by atomic mass is 32.2. The van der Waals surface area contributed by atoms with E-state index in [9.17, 15) is 19.8 Å². The summed E-state index contributed by atoms with van der Waals surface area (Å²) in [5.41, 5.74) is 3.49. The highest BCUT2D eigenvalue weighted by Crippen LogP contribution is 2.40. The van der Waals surface area contributed by atoms with E-state index in [0.717, 1.165) is 42.5 Å². The Morgan fingerprint density at radius 3 is 2.41 bits per heavy atom. The molecule has 0 saturated carbocycles. The van der Waals surface area contributed by atoms with Crippen molar-refractivity contribution >= 4 is 40.1 Å². The topological polar surface area (TPSA) is 108 Å². The van der Waals surface area contributed by atoms with Gasteiger partial charge >= 0.3 is 5.97 Å². The fourth-order valence-electron chi connectivity index (χ4n) is 4.89. The third kappa shape index (κ3) is 9.32. The van der Waals surface area contributed by atoms with Crippen LogP contribution in [0.2, 0.25) is 0 Å². The number of benzene rings is 3. The number of fused-ring (bicyclic) bond motifs is 1. The van der Waals surface area contributed by atoms with Gasteiger partial charge in [0.2, 0.25) is 0 Å². The molecule has 0 spiro atoms. The van der Waals surface area contributed by atoms with Crippen LogP contribution < -0.4 is 15.4 Å². The number of aryl methyl sites for hydroxylation is 2. The van der Waals surface area contributed by atoms with Crippen LogP contribution >= 0.6 is 11.8 Å². The number of rotatable bonds is 18. The fourth-order valence-corrected chi connectivity index (χ4v) is 5.73. The lowest BCUT2D eigenvalue weighted by molar-refractivity contribution is -0.133. The van der Waals surface area contributed by atoms with Crippen molar-refractivity contribution < 1.29 is 24.5 Å². The maximum absolute atomic E-state index is 13.1. The number of hydrogen-bond acceptors (Lipinski definition) is 6. The van der Waals surface area contributed by atoms with Gasteiger partial charge in [0, 0.05) is 34.9 Å². The van der Waals surface area contributed by atoms with Crippen molar-refractivity contribution in [3.05, 3.63) is 59.2 Å². The summed E-state index contributed by atoms with van der Waals surface area (Å²) in [6.45, 7) is 5.27. The highest BCUT2D eigenvalue weighted by Gasteiger charge is 2.19. The van der Waals surface area contributed by atoms with Crippen molar-refractivity contribution in [2.75, 3.05) is 31.3 Å². The second kappa shape index (κ2) is 16.8. The van der Waals surface area contributed by atoms with Crippen molar-refractivity contribution in [1.29, 1.82) is 0 Å². The molecular formula is C33H44N2O5S. The lowest BCUT2D eigenvalue weighted by Gasteiger charge is -2.16. The molecular weight excluding hydrogens is 536 g/mol. The van der Waals surface area contributed by atoms with E-state index >= 15 is 0 Å². The van der Waals surface area contributed by atoms with Crippen molar-refractivity contribution in [2.45, 2.75) is 76.5 Å². The molecule has 0 aliphatic heterocycles. The first-order valence-electron chi connectivity index (χ1n) is 14.7. The molecule has 0 aliphatic carbocycles. The van der Waals surface area contributed by atoms with Crippen LogP contribution in [-0.2, 0) is 17.6 Å². The Labute approximate surface area is 248 Å². The zero-order chi connectivity index (χ0) is 29.6. The Morgan fingerprint density at radius 2 is 1.71 bits per heavy atom. The molecule has 41 heavy (non-hydrogen) atoms. The van der Waals surface area contributed by atoms with Gasteiger partial charge in [-0.3, -0.25) is 9.59 Å². The third-order valence-corrected chi connectivity index (χ3v) is 8.09. The normalized spacial score (nSPS) is 11.0. The maximum atomic E-state index is 13.1. The molecule has 0 atom stereocenters. The van der Waals surface area contributed by atoms with Crippen LogP contribution in [0.1, 0.15) is 80.3 Å². The molecule has 0 aliphatic rings. The molecule has 0 unspecified atom stereocenters. The van der Waals surface area contributed by atoms with Crippen LogP contribution in [0.4, 0.5) is 5.69 Å². The second-order valence-corrected chi connectivity index (χ2v) is 11.3. The van der Waals surface area contributed by atoms with Crippen molar-refractivity contribution in [2.24, 2.45) is 0 Å². The number of unbranched alkanes of at least 4 members (excludes halogenated alkanes) is 4. The summed E-state index contributed by atoms with van der Waals surface area (Å²) in [6, 6.07) is 13.5. The number of hydrogen-bond donors (Lipinski definition) is 4. The van der Waals surface area contributed by atoms with Crippen LogP contribution in [0.5, 0.6) is 11.5 Å². The zero-order valence-corrected chi connectivity index (χ0v) is 25.4. The highest BCUT2D eigenvalue weighted by molar-refractivity contribution is 8.00. The average molecular weight is 581 g/mol. The van der Waals surface area contributed by atoms with E-state index in [4.69, 9.17) is 4.74 Å². The van der Waals surface area contributed by atoms with Gasteiger partial charge in [0.1, 0.15) is 11.5 Å². The third-order valence-electron chi connectivity index (χ3n) is 7.07. The van der Waals surface area contributed by atoms with Crippen molar-refractivity contribution in [3.8, 4) is 11.5 Å². The van der Waals surface area contributed by atoms with Gasteiger partial charge in [-0.15, -0.1) is 11.8 Å². The Bertz CT molecular complexity index is 1310. The molecule has 222 valence electrons. The summed E-state index contributed by atoms with van der Waals surface area (Å²) in [5, 5.41) is 27.3. The number of carbonyl (C=O) groups excluding carboxylic acids is 1. The number of phenolic OH excluding ortho intramolecular Hbond substituents is 1.